The number of carbonyl (C=O) groups is 2. The summed E-state index contributed by atoms with van der Waals surface area (Å²) in [5.41, 5.74) is 0.787. The molecule has 1 aliphatic rings. The van der Waals surface area contributed by atoms with Crippen molar-refractivity contribution in [3.8, 4) is 5.75 Å². The van der Waals surface area contributed by atoms with Crippen LogP contribution in [0.1, 0.15) is 41.3 Å². The number of furan rings is 1. The lowest BCUT2D eigenvalue weighted by atomic mass is 9.95. The number of carbonyl (C=O) groups excluding carboxylic acids is 2. The Kier molecular flexibility index (Phi) is 6.62. The molecule has 2 aromatic rings. The molecule has 30 heavy (non-hydrogen) atoms. The molecule has 0 spiro atoms. The van der Waals surface area contributed by atoms with E-state index in [4.69, 9.17) is 9.15 Å². The summed E-state index contributed by atoms with van der Waals surface area (Å²) in [6.45, 7) is 5.48. The largest absolute Gasteiger partial charge is 0.503 e. The molecule has 0 saturated carbocycles. The normalized spacial score (nSPS) is 16.6. The average molecular weight is 413 g/mol. The third-order valence-corrected chi connectivity index (χ3v) is 5.10. The van der Waals surface area contributed by atoms with Crippen LogP contribution < -0.4 is 9.64 Å². The van der Waals surface area contributed by atoms with Gasteiger partial charge in [-0.25, -0.2) is 0 Å². The van der Waals surface area contributed by atoms with Gasteiger partial charge in [-0.1, -0.05) is 12.1 Å². The third-order valence-electron chi connectivity index (χ3n) is 5.10. The summed E-state index contributed by atoms with van der Waals surface area (Å²) >= 11 is 0. The second-order valence-corrected chi connectivity index (χ2v) is 7.72. The van der Waals surface area contributed by atoms with Crippen molar-refractivity contribution >= 4 is 11.7 Å². The van der Waals surface area contributed by atoms with E-state index < -0.39 is 23.5 Å². The van der Waals surface area contributed by atoms with Crippen LogP contribution in [0.25, 0.3) is 0 Å². The molecule has 0 saturated heterocycles. The predicted octanol–water partition coefficient (Wildman–Crippen LogP) is 2.10. The van der Waals surface area contributed by atoms with Crippen LogP contribution in [0, 0.1) is 6.92 Å². The summed E-state index contributed by atoms with van der Waals surface area (Å²) in [5.74, 6) is -0.118. The number of rotatable bonds is 9. The first kappa shape index (κ1) is 21.6. The fourth-order valence-corrected chi connectivity index (χ4v) is 3.67. The number of Topliss-reactive ketones (excluding diaryl/α,β-unsaturated/α-hetero) is 1. The van der Waals surface area contributed by atoms with Crippen molar-refractivity contribution in [2.75, 3.05) is 33.8 Å². The number of ketones is 1. The van der Waals surface area contributed by atoms with Gasteiger partial charge in [-0.05, 0) is 43.7 Å². The zero-order valence-electron chi connectivity index (χ0n) is 17.9. The van der Waals surface area contributed by atoms with Gasteiger partial charge in [0.15, 0.2) is 11.5 Å². The smallest absolute Gasteiger partial charge is 0.290 e. The highest BCUT2D eigenvalue weighted by molar-refractivity contribution is 6.15. The number of hydrogen-bond acceptors (Lipinski definition) is 5. The summed E-state index contributed by atoms with van der Waals surface area (Å²) in [6.07, 6.45) is 0.746. The van der Waals surface area contributed by atoms with E-state index in [9.17, 15) is 14.7 Å². The van der Waals surface area contributed by atoms with Gasteiger partial charge >= 0.3 is 0 Å². The van der Waals surface area contributed by atoms with Gasteiger partial charge < -0.3 is 24.1 Å². The SMILES string of the molecule is CCOc1ccc([C@H]2C(C(=O)c3ccc(C)o3)=C(O)C(=O)N2CCC[NH+](C)C)cc1. The number of nitrogens with one attached hydrogen (secondary N) is 1. The van der Waals surface area contributed by atoms with Gasteiger partial charge in [0.2, 0.25) is 5.78 Å². The number of amides is 1. The van der Waals surface area contributed by atoms with E-state index in [1.54, 1.807) is 36.1 Å². The molecule has 7 nitrogen and oxygen atoms in total. The Morgan fingerprint density at radius 2 is 1.90 bits per heavy atom. The molecule has 0 aliphatic carbocycles. The van der Waals surface area contributed by atoms with Crippen molar-refractivity contribution in [2.24, 2.45) is 0 Å². The molecular formula is C23H29N2O5+. The highest BCUT2D eigenvalue weighted by Gasteiger charge is 2.44. The van der Waals surface area contributed by atoms with Crippen LogP contribution in [-0.2, 0) is 4.79 Å². The van der Waals surface area contributed by atoms with E-state index in [0.29, 0.717) is 24.7 Å². The second kappa shape index (κ2) is 9.17. The molecule has 2 N–H and O–H groups in total. The maximum absolute atomic E-state index is 13.2. The summed E-state index contributed by atoms with van der Waals surface area (Å²) in [6, 6.07) is 9.84. The molecule has 0 fully saturated rings. The van der Waals surface area contributed by atoms with Gasteiger partial charge in [-0.15, -0.1) is 0 Å². The summed E-state index contributed by atoms with van der Waals surface area (Å²) in [7, 11) is 4.08. The lowest BCUT2D eigenvalue weighted by Crippen LogP contribution is -3.05. The van der Waals surface area contributed by atoms with Crippen molar-refractivity contribution < 1.29 is 28.7 Å². The molecule has 1 aliphatic heterocycles. The molecule has 1 aromatic heterocycles. The number of nitrogens with zero attached hydrogens (tertiary/aromatic N) is 1. The first-order valence-corrected chi connectivity index (χ1v) is 10.2. The minimum Gasteiger partial charge on any atom is -0.503 e. The quantitative estimate of drug-likeness (QED) is 0.615. The number of ether oxygens (including phenoxy) is 1. The van der Waals surface area contributed by atoms with Crippen LogP contribution >= 0.6 is 0 Å². The first-order valence-electron chi connectivity index (χ1n) is 10.2. The zero-order chi connectivity index (χ0) is 21.8. The topological polar surface area (TPSA) is 84.4 Å². The van der Waals surface area contributed by atoms with E-state index in [-0.39, 0.29) is 11.3 Å². The number of benzene rings is 1. The maximum Gasteiger partial charge on any atom is 0.290 e. The monoisotopic (exact) mass is 413 g/mol. The molecule has 1 atom stereocenters. The van der Waals surface area contributed by atoms with Gasteiger partial charge in [-0.3, -0.25) is 9.59 Å². The Hall–Kier alpha value is -3.06. The van der Waals surface area contributed by atoms with Gasteiger partial charge in [0, 0.05) is 13.0 Å². The molecule has 1 aromatic carbocycles. The van der Waals surface area contributed by atoms with Crippen LogP contribution in [0.15, 0.2) is 52.1 Å². The van der Waals surface area contributed by atoms with E-state index in [1.807, 2.05) is 33.2 Å². The highest BCUT2D eigenvalue weighted by atomic mass is 16.5. The molecule has 0 bridgehead atoms. The minimum atomic E-state index is -0.678. The van der Waals surface area contributed by atoms with Gasteiger partial charge in [0.05, 0.1) is 38.9 Å². The van der Waals surface area contributed by atoms with Crippen molar-refractivity contribution in [2.45, 2.75) is 26.3 Å². The van der Waals surface area contributed by atoms with Crippen LogP contribution in [0.4, 0.5) is 0 Å². The average Bonchev–Trinajstić information content (AvgIpc) is 3.25. The van der Waals surface area contributed by atoms with E-state index in [0.717, 1.165) is 18.5 Å². The van der Waals surface area contributed by atoms with Gasteiger partial charge in [0.25, 0.3) is 5.91 Å². The van der Waals surface area contributed by atoms with E-state index in [1.165, 1.54) is 4.90 Å². The highest BCUT2D eigenvalue weighted by Crippen LogP contribution is 2.39. The fourth-order valence-electron chi connectivity index (χ4n) is 3.67. The Morgan fingerprint density at radius 3 is 2.47 bits per heavy atom. The first-order chi connectivity index (χ1) is 14.3. The zero-order valence-corrected chi connectivity index (χ0v) is 17.9. The molecule has 160 valence electrons. The van der Waals surface area contributed by atoms with Crippen LogP contribution in [0.5, 0.6) is 5.75 Å². The Morgan fingerprint density at radius 1 is 1.20 bits per heavy atom. The molecule has 0 unspecified atom stereocenters. The molecule has 1 amide bonds. The van der Waals surface area contributed by atoms with Crippen LogP contribution in [0.3, 0.4) is 0 Å². The number of hydrogen-bond donors (Lipinski definition) is 2. The lowest BCUT2D eigenvalue weighted by Gasteiger charge is -2.27. The standard InChI is InChI=1S/C23H28N2O5/c1-5-29-17-10-8-16(9-11-17)20-19(21(26)18-12-7-15(2)30-18)22(27)23(28)25(20)14-6-13-24(3)4/h7-12,20,27H,5-6,13-14H2,1-4H3/p+1/t20-/m0/s1. The molecular weight excluding hydrogens is 384 g/mol. The summed E-state index contributed by atoms with van der Waals surface area (Å²) in [5, 5.41) is 10.6. The van der Waals surface area contributed by atoms with Crippen molar-refractivity contribution in [3.05, 3.63) is 64.8 Å². The van der Waals surface area contributed by atoms with E-state index >= 15 is 0 Å². The number of aliphatic hydroxyl groups is 1. The Balaban J connectivity index is 1.98. The number of aryl methyl sites for hydroxylation is 1. The third kappa shape index (κ3) is 4.41. The van der Waals surface area contributed by atoms with Crippen molar-refractivity contribution in [1.82, 2.24) is 4.90 Å². The van der Waals surface area contributed by atoms with Crippen molar-refractivity contribution in [1.29, 1.82) is 0 Å². The lowest BCUT2D eigenvalue weighted by molar-refractivity contribution is -0.858. The molecule has 0 radical (unpaired) electrons. The summed E-state index contributed by atoms with van der Waals surface area (Å²) < 4.78 is 11.0. The molecule has 7 heteroatoms. The molecule has 2 heterocycles. The summed E-state index contributed by atoms with van der Waals surface area (Å²) in [4.78, 5) is 28.9. The Bertz CT molecular complexity index is 943. The number of quaternary nitrogens is 1. The fraction of sp³-hybridized carbons (Fsp3) is 0.391. The van der Waals surface area contributed by atoms with Crippen LogP contribution in [0.2, 0.25) is 0 Å². The van der Waals surface area contributed by atoms with E-state index in [2.05, 4.69) is 0 Å². The molecule has 3 rings (SSSR count). The second-order valence-electron chi connectivity index (χ2n) is 7.72. The van der Waals surface area contributed by atoms with Gasteiger partial charge in [-0.2, -0.15) is 0 Å². The predicted molar refractivity (Wildman–Crippen MR) is 112 cm³/mol. The van der Waals surface area contributed by atoms with Crippen LogP contribution in [-0.4, -0.2) is 55.5 Å². The van der Waals surface area contributed by atoms with Crippen molar-refractivity contribution in [3.63, 3.8) is 0 Å². The Labute approximate surface area is 176 Å². The number of aliphatic hydroxyl groups excluding tert-OH is 1. The minimum absolute atomic E-state index is 0.0516. The van der Waals surface area contributed by atoms with Gasteiger partial charge in [0.1, 0.15) is 11.5 Å². The maximum atomic E-state index is 13.2.